The molecule has 0 saturated carbocycles. The number of benzene rings is 2. The van der Waals surface area contributed by atoms with E-state index in [0.717, 1.165) is 22.3 Å². The number of aryl methyl sites for hydroxylation is 2. The van der Waals surface area contributed by atoms with Crippen LogP contribution in [0.5, 0.6) is 0 Å². The van der Waals surface area contributed by atoms with E-state index in [1.165, 1.54) is 10.6 Å². The van der Waals surface area contributed by atoms with Crippen molar-refractivity contribution in [3.05, 3.63) is 70.8 Å². The van der Waals surface area contributed by atoms with Crippen molar-refractivity contribution in [1.29, 1.82) is 0 Å². The van der Waals surface area contributed by atoms with Crippen LogP contribution >= 0.6 is 0 Å². The van der Waals surface area contributed by atoms with Crippen LogP contribution in [0.15, 0.2) is 48.5 Å². The van der Waals surface area contributed by atoms with Crippen molar-refractivity contribution < 1.29 is 13.2 Å². The molecule has 140 valence electrons. The maximum Gasteiger partial charge on any atom is 0.221 e. The minimum Gasteiger partial charge on any atom is -0.352 e. The first-order valence-corrected chi connectivity index (χ1v) is 10.4. The fourth-order valence-corrected chi connectivity index (χ4v) is 3.50. The molecule has 0 atom stereocenters. The first-order valence-electron chi connectivity index (χ1n) is 8.57. The van der Waals surface area contributed by atoms with Gasteiger partial charge in [-0.2, -0.15) is 4.31 Å². The van der Waals surface area contributed by atoms with E-state index in [1.54, 1.807) is 0 Å². The topological polar surface area (TPSA) is 66.5 Å². The van der Waals surface area contributed by atoms with Gasteiger partial charge in [-0.15, -0.1) is 0 Å². The Hall–Kier alpha value is -2.18. The maximum absolute atomic E-state index is 12.1. The van der Waals surface area contributed by atoms with Crippen LogP contribution in [0.4, 0.5) is 0 Å². The Labute approximate surface area is 156 Å². The highest BCUT2D eigenvalue weighted by atomic mass is 32.2. The third-order valence-corrected chi connectivity index (χ3v) is 5.49. The van der Waals surface area contributed by atoms with E-state index in [2.05, 4.69) is 5.32 Å². The number of amides is 1. The summed E-state index contributed by atoms with van der Waals surface area (Å²) in [5.74, 6) is -0.161. The number of carbonyl (C=O) groups excluding carboxylic acids is 1. The summed E-state index contributed by atoms with van der Waals surface area (Å²) in [6, 6.07) is 15.6. The summed E-state index contributed by atoms with van der Waals surface area (Å²) in [4.78, 5) is 12.1. The normalized spacial score (nSPS) is 11.5. The van der Waals surface area contributed by atoms with Gasteiger partial charge in [0.15, 0.2) is 0 Å². The summed E-state index contributed by atoms with van der Waals surface area (Å²) in [6.07, 6.45) is 1.30. The number of sulfonamides is 1. The van der Waals surface area contributed by atoms with E-state index in [1.807, 2.05) is 62.4 Å². The summed E-state index contributed by atoms with van der Waals surface area (Å²) in [7, 11) is -3.39. The SMILES string of the molecule is Cc1cccc(CN(CCC(=O)NCc2ccccc2C)S(C)(=O)=O)c1. The third kappa shape index (κ3) is 6.28. The van der Waals surface area contributed by atoms with Crippen LogP contribution in [0.3, 0.4) is 0 Å². The number of rotatable bonds is 8. The number of hydrogen-bond acceptors (Lipinski definition) is 3. The molecule has 0 saturated heterocycles. The van der Waals surface area contributed by atoms with Gasteiger partial charge < -0.3 is 5.32 Å². The van der Waals surface area contributed by atoms with Crippen LogP contribution in [0.1, 0.15) is 28.7 Å². The molecule has 0 fully saturated rings. The minimum absolute atomic E-state index is 0.130. The Balaban J connectivity index is 1.92. The molecule has 0 heterocycles. The lowest BCUT2D eigenvalue weighted by Crippen LogP contribution is -2.34. The molecule has 5 nitrogen and oxygen atoms in total. The van der Waals surface area contributed by atoms with E-state index < -0.39 is 10.0 Å². The number of carbonyl (C=O) groups is 1. The standard InChI is InChI=1S/C20H26N2O3S/c1-16-7-6-9-18(13-16)15-22(26(3,24)25)12-11-20(23)21-14-19-10-5-4-8-17(19)2/h4-10,13H,11-12,14-15H2,1-3H3,(H,21,23). The summed E-state index contributed by atoms with van der Waals surface area (Å²) in [5, 5.41) is 2.86. The Bertz CT molecular complexity index is 863. The van der Waals surface area contributed by atoms with Gasteiger partial charge in [0.1, 0.15) is 0 Å². The molecule has 1 N–H and O–H groups in total. The smallest absolute Gasteiger partial charge is 0.221 e. The van der Waals surface area contributed by atoms with Crippen LogP contribution in [0, 0.1) is 13.8 Å². The second-order valence-corrected chi connectivity index (χ2v) is 8.52. The maximum atomic E-state index is 12.1. The predicted octanol–water partition coefficient (Wildman–Crippen LogP) is 2.77. The Morgan fingerprint density at radius 2 is 1.81 bits per heavy atom. The summed E-state index contributed by atoms with van der Waals surface area (Å²) >= 11 is 0. The molecule has 6 heteroatoms. The number of nitrogens with zero attached hydrogens (tertiary/aromatic N) is 1. The largest absolute Gasteiger partial charge is 0.352 e. The number of nitrogens with one attached hydrogen (secondary N) is 1. The van der Waals surface area contributed by atoms with Gasteiger partial charge >= 0.3 is 0 Å². The van der Waals surface area contributed by atoms with Crippen LogP contribution in [0.25, 0.3) is 0 Å². The van der Waals surface area contributed by atoms with E-state index in [9.17, 15) is 13.2 Å². The molecule has 0 aromatic heterocycles. The zero-order chi connectivity index (χ0) is 19.2. The minimum atomic E-state index is -3.39. The van der Waals surface area contributed by atoms with Crippen molar-refractivity contribution in [2.75, 3.05) is 12.8 Å². The third-order valence-electron chi connectivity index (χ3n) is 4.24. The second kappa shape index (κ2) is 8.96. The first-order chi connectivity index (χ1) is 12.3. The first kappa shape index (κ1) is 20.1. The lowest BCUT2D eigenvalue weighted by Gasteiger charge is -2.20. The van der Waals surface area contributed by atoms with Gasteiger partial charge in [-0.1, -0.05) is 54.1 Å². The molecular weight excluding hydrogens is 348 g/mol. The van der Waals surface area contributed by atoms with Crippen LogP contribution in [-0.4, -0.2) is 31.4 Å². The van der Waals surface area contributed by atoms with Gasteiger partial charge in [-0.25, -0.2) is 8.42 Å². The Kier molecular flexibility index (Phi) is 6.94. The van der Waals surface area contributed by atoms with E-state index in [-0.39, 0.29) is 25.4 Å². The molecule has 2 aromatic rings. The van der Waals surface area contributed by atoms with Crippen LogP contribution in [-0.2, 0) is 27.9 Å². The van der Waals surface area contributed by atoms with Crippen LogP contribution < -0.4 is 5.32 Å². The second-order valence-electron chi connectivity index (χ2n) is 6.54. The molecular formula is C20H26N2O3S. The van der Waals surface area contributed by atoms with Gasteiger partial charge in [0.25, 0.3) is 0 Å². The highest BCUT2D eigenvalue weighted by Gasteiger charge is 2.18. The van der Waals surface area contributed by atoms with Crippen molar-refractivity contribution in [3.8, 4) is 0 Å². The van der Waals surface area contributed by atoms with Gasteiger partial charge in [0, 0.05) is 26.1 Å². The average molecular weight is 375 g/mol. The van der Waals surface area contributed by atoms with Crippen molar-refractivity contribution in [1.82, 2.24) is 9.62 Å². The monoisotopic (exact) mass is 374 g/mol. The van der Waals surface area contributed by atoms with Crippen molar-refractivity contribution >= 4 is 15.9 Å². The molecule has 1 amide bonds. The van der Waals surface area contributed by atoms with Gasteiger partial charge in [0.05, 0.1) is 6.26 Å². The summed E-state index contributed by atoms with van der Waals surface area (Å²) in [5.41, 5.74) is 4.16. The molecule has 2 aromatic carbocycles. The molecule has 0 unspecified atom stereocenters. The van der Waals surface area contributed by atoms with E-state index in [0.29, 0.717) is 6.54 Å². The van der Waals surface area contributed by atoms with Crippen molar-refractivity contribution in [2.24, 2.45) is 0 Å². The molecule has 0 bridgehead atoms. The summed E-state index contributed by atoms with van der Waals surface area (Å²) < 4.78 is 25.4. The van der Waals surface area contributed by atoms with E-state index >= 15 is 0 Å². The highest BCUT2D eigenvalue weighted by molar-refractivity contribution is 7.88. The molecule has 0 spiro atoms. The van der Waals surface area contributed by atoms with Gasteiger partial charge in [-0.05, 0) is 30.5 Å². The molecule has 0 aliphatic heterocycles. The lowest BCUT2D eigenvalue weighted by atomic mass is 10.1. The fraction of sp³-hybridized carbons (Fsp3) is 0.350. The summed E-state index contributed by atoms with van der Waals surface area (Å²) in [6.45, 7) is 4.84. The molecule has 2 rings (SSSR count). The Morgan fingerprint density at radius 3 is 2.46 bits per heavy atom. The predicted molar refractivity (Wildman–Crippen MR) is 104 cm³/mol. The molecule has 0 radical (unpaired) electrons. The Morgan fingerprint density at radius 1 is 1.08 bits per heavy atom. The quantitative estimate of drug-likeness (QED) is 0.773. The fourth-order valence-electron chi connectivity index (χ4n) is 2.69. The highest BCUT2D eigenvalue weighted by Crippen LogP contribution is 2.11. The molecule has 0 aliphatic carbocycles. The zero-order valence-corrected chi connectivity index (χ0v) is 16.3. The average Bonchev–Trinajstić information content (AvgIpc) is 2.57. The van der Waals surface area contributed by atoms with E-state index in [4.69, 9.17) is 0 Å². The van der Waals surface area contributed by atoms with Crippen molar-refractivity contribution in [3.63, 3.8) is 0 Å². The molecule has 26 heavy (non-hydrogen) atoms. The molecule has 0 aliphatic rings. The number of hydrogen-bond donors (Lipinski definition) is 1. The lowest BCUT2D eigenvalue weighted by molar-refractivity contribution is -0.121. The van der Waals surface area contributed by atoms with Crippen LogP contribution in [0.2, 0.25) is 0 Å². The van der Waals surface area contributed by atoms with Gasteiger partial charge in [0.2, 0.25) is 15.9 Å². The van der Waals surface area contributed by atoms with Crippen molar-refractivity contribution in [2.45, 2.75) is 33.4 Å². The zero-order valence-electron chi connectivity index (χ0n) is 15.5. The van der Waals surface area contributed by atoms with Gasteiger partial charge in [-0.3, -0.25) is 4.79 Å².